The van der Waals surface area contributed by atoms with E-state index in [1.165, 1.54) is 44.9 Å². The maximum atomic E-state index is 4.58. The molecule has 1 aliphatic heterocycles. The molecule has 2 rings (SSSR count). The molecule has 2 unspecified atom stereocenters. The van der Waals surface area contributed by atoms with Crippen LogP contribution in [0.1, 0.15) is 44.9 Å². The molecule has 0 aromatic rings. The van der Waals surface area contributed by atoms with Gasteiger partial charge in [-0.3, -0.25) is 4.99 Å². The molecule has 0 spiro atoms. The fraction of sp³-hybridized carbons (Fsp3) is 0.750. The Morgan fingerprint density at radius 1 is 0.923 bits per heavy atom. The lowest BCUT2D eigenvalue weighted by Crippen LogP contribution is -2.19. The molecule has 0 saturated heterocycles. The van der Waals surface area contributed by atoms with Gasteiger partial charge in [0.1, 0.15) is 0 Å². The van der Waals surface area contributed by atoms with E-state index in [0.717, 1.165) is 5.92 Å². The highest BCUT2D eigenvalue weighted by molar-refractivity contribution is 5.72. The lowest BCUT2D eigenvalue weighted by Gasteiger charge is -2.22. The number of aliphatic imine (C=N–C) groups is 1. The van der Waals surface area contributed by atoms with Crippen LogP contribution in [0.25, 0.3) is 0 Å². The van der Waals surface area contributed by atoms with Crippen LogP contribution in [0.15, 0.2) is 17.1 Å². The Balaban J connectivity index is 1.97. The Labute approximate surface area is 80.9 Å². The first-order valence-electron chi connectivity index (χ1n) is 5.67. The number of fused-ring (bicyclic) bond motifs is 1. The first-order chi connectivity index (χ1) is 6.47. The molecule has 1 nitrogen and oxygen atoms in total. The van der Waals surface area contributed by atoms with Crippen LogP contribution in [0.2, 0.25) is 0 Å². The second-order valence-electron chi connectivity index (χ2n) is 4.26. The molecule has 0 bridgehead atoms. The normalized spacial score (nSPS) is 34.5. The molecule has 1 saturated carbocycles. The van der Waals surface area contributed by atoms with Gasteiger partial charge in [-0.2, -0.15) is 0 Å². The largest absolute Gasteiger partial charge is 0.289 e. The van der Waals surface area contributed by atoms with Gasteiger partial charge in [-0.05, 0) is 24.8 Å². The minimum atomic E-state index is 0.614. The van der Waals surface area contributed by atoms with E-state index in [1.807, 2.05) is 6.21 Å². The average molecular weight is 177 g/mol. The van der Waals surface area contributed by atoms with Crippen molar-refractivity contribution in [2.24, 2.45) is 10.9 Å². The molecular formula is C12H19N. The van der Waals surface area contributed by atoms with Gasteiger partial charge < -0.3 is 0 Å². The van der Waals surface area contributed by atoms with Crippen molar-refractivity contribution in [3.63, 3.8) is 0 Å². The van der Waals surface area contributed by atoms with E-state index in [-0.39, 0.29) is 0 Å². The summed E-state index contributed by atoms with van der Waals surface area (Å²) in [7, 11) is 0. The Morgan fingerprint density at radius 3 is 2.62 bits per heavy atom. The van der Waals surface area contributed by atoms with Gasteiger partial charge in [-0.15, -0.1) is 0 Å². The third-order valence-electron chi connectivity index (χ3n) is 3.25. The summed E-state index contributed by atoms with van der Waals surface area (Å²) in [5.41, 5.74) is 0. The number of nitrogens with zero attached hydrogens (tertiary/aromatic N) is 1. The topological polar surface area (TPSA) is 12.4 Å². The van der Waals surface area contributed by atoms with E-state index in [2.05, 4.69) is 17.1 Å². The van der Waals surface area contributed by atoms with Gasteiger partial charge in [0.2, 0.25) is 0 Å². The maximum absolute atomic E-state index is 4.58. The van der Waals surface area contributed by atoms with Gasteiger partial charge in [-0.25, -0.2) is 0 Å². The summed E-state index contributed by atoms with van der Waals surface area (Å²) in [6.07, 6.45) is 16.2. The van der Waals surface area contributed by atoms with Crippen molar-refractivity contribution in [3.05, 3.63) is 12.2 Å². The predicted molar refractivity (Wildman–Crippen MR) is 57.2 cm³/mol. The highest BCUT2D eigenvalue weighted by atomic mass is 14.8. The zero-order chi connectivity index (χ0) is 8.93. The molecule has 72 valence electrons. The minimum Gasteiger partial charge on any atom is -0.289 e. The van der Waals surface area contributed by atoms with Crippen molar-refractivity contribution in [3.8, 4) is 0 Å². The highest BCUT2D eigenvalue weighted by Crippen LogP contribution is 2.26. The van der Waals surface area contributed by atoms with Crippen molar-refractivity contribution in [2.45, 2.75) is 51.0 Å². The molecule has 0 aromatic heterocycles. The summed E-state index contributed by atoms with van der Waals surface area (Å²) in [6, 6.07) is 0.614. The van der Waals surface area contributed by atoms with E-state index in [4.69, 9.17) is 0 Å². The molecule has 1 fully saturated rings. The molecule has 1 heteroatoms. The third kappa shape index (κ3) is 2.43. The van der Waals surface area contributed by atoms with Crippen LogP contribution in [-0.2, 0) is 0 Å². The van der Waals surface area contributed by atoms with E-state index < -0.39 is 0 Å². The Morgan fingerprint density at radius 2 is 1.69 bits per heavy atom. The summed E-state index contributed by atoms with van der Waals surface area (Å²) in [6.45, 7) is 0. The van der Waals surface area contributed by atoms with Crippen molar-refractivity contribution >= 4 is 6.21 Å². The van der Waals surface area contributed by atoms with Crippen LogP contribution in [0, 0.1) is 5.92 Å². The number of dihydropyridines is 1. The number of hydrogen-bond donors (Lipinski definition) is 0. The van der Waals surface area contributed by atoms with Crippen LogP contribution < -0.4 is 0 Å². The lowest BCUT2D eigenvalue weighted by molar-refractivity contribution is 0.438. The van der Waals surface area contributed by atoms with Crippen molar-refractivity contribution in [1.29, 1.82) is 0 Å². The van der Waals surface area contributed by atoms with Crippen LogP contribution in [-0.4, -0.2) is 12.3 Å². The standard InChI is InChI=1S/C12H19N/c1-2-4-7-11-8-6-10-13-12(11)9-5-3-1/h6,8,10-12H,1-5,7,9H2. The zero-order valence-electron chi connectivity index (χ0n) is 8.28. The summed E-state index contributed by atoms with van der Waals surface area (Å²) >= 11 is 0. The van der Waals surface area contributed by atoms with E-state index in [1.54, 1.807) is 0 Å². The number of rotatable bonds is 0. The van der Waals surface area contributed by atoms with Crippen LogP contribution in [0.3, 0.4) is 0 Å². The molecular weight excluding hydrogens is 158 g/mol. The summed E-state index contributed by atoms with van der Waals surface area (Å²) < 4.78 is 0. The van der Waals surface area contributed by atoms with Crippen molar-refractivity contribution < 1.29 is 0 Å². The molecule has 0 aromatic carbocycles. The Bertz CT molecular complexity index is 183. The number of allylic oxidation sites excluding steroid dienone is 1. The van der Waals surface area contributed by atoms with Crippen molar-refractivity contribution in [1.82, 2.24) is 0 Å². The van der Waals surface area contributed by atoms with Gasteiger partial charge >= 0.3 is 0 Å². The molecule has 0 radical (unpaired) electrons. The number of hydrogen-bond acceptors (Lipinski definition) is 1. The second-order valence-corrected chi connectivity index (χ2v) is 4.26. The first-order valence-corrected chi connectivity index (χ1v) is 5.67. The maximum Gasteiger partial charge on any atom is 0.0562 e. The summed E-state index contributed by atoms with van der Waals surface area (Å²) in [5.74, 6) is 0.753. The van der Waals surface area contributed by atoms with Gasteiger partial charge in [-0.1, -0.05) is 38.2 Å². The van der Waals surface area contributed by atoms with Gasteiger partial charge in [0.05, 0.1) is 6.04 Å². The molecule has 2 aliphatic rings. The van der Waals surface area contributed by atoms with E-state index in [0.29, 0.717) is 6.04 Å². The molecule has 1 aliphatic carbocycles. The highest BCUT2D eigenvalue weighted by Gasteiger charge is 2.19. The van der Waals surface area contributed by atoms with E-state index >= 15 is 0 Å². The molecule has 0 amide bonds. The summed E-state index contributed by atoms with van der Waals surface area (Å²) in [5, 5.41) is 0. The predicted octanol–water partition coefficient (Wildman–Crippen LogP) is 3.36. The third-order valence-corrected chi connectivity index (χ3v) is 3.25. The molecule has 2 atom stereocenters. The van der Waals surface area contributed by atoms with Gasteiger partial charge in [0.25, 0.3) is 0 Å². The average Bonchev–Trinajstić information content (AvgIpc) is 2.28. The Kier molecular flexibility index (Phi) is 3.17. The summed E-state index contributed by atoms with van der Waals surface area (Å²) in [4.78, 5) is 4.58. The van der Waals surface area contributed by atoms with Crippen molar-refractivity contribution in [2.75, 3.05) is 0 Å². The van der Waals surface area contributed by atoms with Gasteiger partial charge in [0.15, 0.2) is 0 Å². The SMILES string of the molecule is C1=CC2CCCCCCCC2N=C1. The fourth-order valence-electron chi connectivity index (χ4n) is 2.43. The molecule has 1 heterocycles. The van der Waals surface area contributed by atoms with Crippen LogP contribution >= 0.6 is 0 Å². The Hall–Kier alpha value is -0.590. The molecule has 13 heavy (non-hydrogen) atoms. The van der Waals surface area contributed by atoms with Crippen LogP contribution in [0.5, 0.6) is 0 Å². The first kappa shape index (κ1) is 8.98. The fourth-order valence-corrected chi connectivity index (χ4v) is 2.43. The molecule has 0 N–H and O–H groups in total. The quantitative estimate of drug-likeness (QED) is 0.538. The monoisotopic (exact) mass is 177 g/mol. The smallest absolute Gasteiger partial charge is 0.0562 e. The van der Waals surface area contributed by atoms with E-state index in [9.17, 15) is 0 Å². The lowest BCUT2D eigenvalue weighted by atomic mass is 9.90. The van der Waals surface area contributed by atoms with Gasteiger partial charge in [0, 0.05) is 6.21 Å². The second kappa shape index (κ2) is 4.59. The minimum absolute atomic E-state index is 0.614. The zero-order valence-corrected chi connectivity index (χ0v) is 8.28. The van der Waals surface area contributed by atoms with Crippen LogP contribution in [0.4, 0.5) is 0 Å².